The molecule has 3 aromatic rings. The third-order valence-electron chi connectivity index (χ3n) is 3.79. The zero-order valence-electron chi connectivity index (χ0n) is 14.4. The van der Waals surface area contributed by atoms with Crippen molar-refractivity contribution in [3.05, 3.63) is 76.2 Å². The number of H-pyrrole nitrogens is 1. The lowest BCUT2D eigenvalue weighted by Gasteiger charge is -2.18. The Bertz CT molecular complexity index is 1080. The van der Waals surface area contributed by atoms with Crippen LogP contribution in [0, 0.1) is 23.3 Å². The van der Waals surface area contributed by atoms with E-state index in [-0.39, 0.29) is 15.9 Å². The van der Waals surface area contributed by atoms with Crippen molar-refractivity contribution in [1.29, 1.82) is 4.78 Å². The van der Waals surface area contributed by atoms with Gasteiger partial charge in [-0.3, -0.25) is 0 Å². The Morgan fingerprint density at radius 2 is 1.89 bits per heavy atom. The first-order valence-electron chi connectivity index (χ1n) is 7.82. The van der Waals surface area contributed by atoms with Crippen molar-refractivity contribution < 1.29 is 17.7 Å². The number of hydrogen-bond acceptors (Lipinski definition) is 4. The van der Waals surface area contributed by atoms with Gasteiger partial charge in [0, 0.05) is 17.5 Å². The fourth-order valence-electron chi connectivity index (χ4n) is 2.58. The van der Waals surface area contributed by atoms with Crippen LogP contribution in [0.3, 0.4) is 0 Å². The van der Waals surface area contributed by atoms with Crippen LogP contribution >= 0.6 is 11.6 Å². The minimum Gasteiger partial charge on any atom is -0.478 e. The Morgan fingerprint density at radius 1 is 1.22 bits per heavy atom. The number of nitrogens with zero attached hydrogens (tertiary/aromatic N) is 1. The summed E-state index contributed by atoms with van der Waals surface area (Å²) in [7, 11) is -3.06. The average Bonchev–Trinajstić information content (AvgIpc) is 2.99. The Kier molecular flexibility index (Phi) is 5.21. The summed E-state index contributed by atoms with van der Waals surface area (Å²) in [6, 6.07) is 9.44. The minimum absolute atomic E-state index is 0.0940. The number of halogens is 3. The molecule has 2 atom stereocenters. The minimum atomic E-state index is -3.06. The first-order valence-corrected chi connectivity index (χ1v) is 10.2. The van der Waals surface area contributed by atoms with Gasteiger partial charge in [-0.2, -0.15) is 0 Å². The fraction of sp³-hybridized carbons (Fsp3) is 0.167. The third-order valence-corrected chi connectivity index (χ3v) is 5.21. The van der Waals surface area contributed by atoms with E-state index in [1.54, 1.807) is 6.92 Å². The molecule has 0 aliphatic carbocycles. The van der Waals surface area contributed by atoms with Gasteiger partial charge in [-0.05, 0) is 43.3 Å². The summed E-state index contributed by atoms with van der Waals surface area (Å²) in [6.45, 7) is 1.65. The number of rotatable bonds is 5. The molecule has 1 aromatic heterocycles. The first kappa shape index (κ1) is 19.3. The molecule has 0 spiro atoms. The second-order valence-corrected chi connectivity index (χ2v) is 8.50. The van der Waals surface area contributed by atoms with E-state index in [2.05, 4.69) is 9.97 Å². The van der Waals surface area contributed by atoms with Gasteiger partial charge < -0.3 is 9.72 Å². The van der Waals surface area contributed by atoms with Gasteiger partial charge >= 0.3 is 0 Å². The van der Waals surface area contributed by atoms with Crippen LogP contribution in [0.2, 0.25) is 5.02 Å². The molecule has 0 bridgehead atoms. The van der Waals surface area contributed by atoms with Crippen molar-refractivity contribution in [3.63, 3.8) is 0 Å². The number of nitrogens with one attached hydrogen (secondary N) is 2. The maximum atomic E-state index is 13.6. The molecule has 3 rings (SSSR count). The van der Waals surface area contributed by atoms with Crippen LogP contribution in [-0.2, 0) is 9.73 Å². The Balaban J connectivity index is 2.09. The number of imidazole rings is 1. The molecule has 9 heteroatoms. The lowest BCUT2D eigenvalue weighted by atomic mass is 10.1. The number of hydrogen-bond donors (Lipinski definition) is 2. The summed E-state index contributed by atoms with van der Waals surface area (Å²) in [5, 5.41) is 0.0157. The summed E-state index contributed by atoms with van der Waals surface area (Å²) in [5.74, 6) is -0.378. The van der Waals surface area contributed by atoms with Crippen LogP contribution in [0.1, 0.15) is 23.2 Å². The molecule has 5 nitrogen and oxygen atoms in total. The van der Waals surface area contributed by atoms with Gasteiger partial charge in [0.2, 0.25) is 0 Å². The van der Waals surface area contributed by atoms with Gasteiger partial charge in [-0.1, -0.05) is 17.7 Å². The Hall–Kier alpha value is -2.45. The van der Waals surface area contributed by atoms with Crippen LogP contribution in [0.25, 0.3) is 0 Å². The summed E-state index contributed by atoms with van der Waals surface area (Å²) < 4.78 is 52.5. The van der Waals surface area contributed by atoms with Gasteiger partial charge in [-0.15, -0.1) is 0 Å². The SMILES string of the molecule is Cc1[nH]c([C@@H](Oc2ccc(F)cc2)c2ccc(F)c(Cl)c2)nc1[S@@](C)(=N)=O. The van der Waals surface area contributed by atoms with E-state index in [4.69, 9.17) is 21.1 Å². The standard InChI is InChI=1S/C18H16ClF2N3O2S/c1-10-18(27(2,22)25)24-17(23-10)16(11-3-8-15(21)14(19)9-11)26-13-6-4-12(20)5-7-13/h3-9,16,22H,1-2H3,(H,23,24)/t16-,27-/m0/s1. The zero-order valence-corrected chi connectivity index (χ0v) is 16.0. The molecule has 0 saturated heterocycles. The lowest BCUT2D eigenvalue weighted by Crippen LogP contribution is -2.12. The van der Waals surface area contributed by atoms with Crippen LogP contribution in [0.15, 0.2) is 47.5 Å². The molecule has 0 radical (unpaired) electrons. The summed E-state index contributed by atoms with van der Waals surface area (Å²) in [4.78, 5) is 7.24. The van der Waals surface area contributed by atoms with E-state index in [0.717, 1.165) is 0 Å². The number of aromatic amines is 1. The highest BCUT2D eigenvalue weighted by atomic mass is 35.5. The van der Waals surface area contributed by atoms with Crippen LogP contribution in [0.4, 0.5) is 8.78 Å². The molecular weight excluding hydrogens is 396 g/mol. The highest BCUT2D eigenvalue weighted by molar-refractivity contribution is 7.91. The van der Waals surface area contributed by atoms with Crippen molar-refractivity contribution in [2.75, 3.05) is 6.26 Å². The number of benzene rings is 2. The predicted molar refractivity (Wildman–Crippen MR) is 98.7 cm³/mol. The topological polar surface area (TPSA) is 78.8 Å². The molecule has 27 heavy (non-hydrogen) atoms. The van der Waals surface area contributed by atoms with E-state index < -0.39 is 27.5 Å². The van der Waals surface area contributed by atoms with E-state index >= 15 is 0 Å². The second-order valence-electron chi connectivity index (χ2n) is 6.02. The predicted octanol–water partition coefficient (Wildman–Crippen LogP) is 4.85. The van der Waals surface area contributed by atoms with Crippen LogP contribution in [0.5, 0.6) is 5.75 Å². The number of aromatic nitrogens is 2. The lowest BCUT2D eigenvalue weighted by molar-refractivity contribution is 0.237. The maximum Gasteiger partial charge on any atom is 0.181 e. The second kappa shape index (κ2) is 7.28. The Morgan fingerprint density at radius 3 is 2.44 bits per heavy atom. The highest BCUT2D eigenvalue weighted by Crippen LogP contribution is 2.30. The molecule has 0 saturated carbocycles. The molecule has 2 aromatic carbocycles. The summed E-state index contributed by atoms with van der Waals surface area (Å²) in [5.41, 5.74) is 0.951. The van der Waals surface area contributed by atoms with E-state index in [1.807, 2.05) is 0 Å². The van der Waals surface area contributed by atoms with Crippen LogP contribution in [-0.4, -0.2) is 20.4 Å². The molecule has 1 heterocycles. The van der Waals surface area contributed by atoms with Crippen molar-refractivity contribution in [1.82, 2.24) is 9.97 Å². The molecule has 0 unspecified atom stereocenters. The van der Waals surface area contributed by atoms with Gasteiger partial charge in [0.15, 0.2) is 17.0 Å². The third kappa shape index (κ3) is 4.28. The number of aryl methyl sites for hydroxylation is 1. The zero-order chi connectivity index (χ0) is 19.8. The largest absolute Gasteiger partial charge is 0.478 e. The quantitative estimate of drug-likeness (QED) is 0.629. The molecule has 142 valence electrons. The van der Waals surface area contributed by atoms with E-state index in [1.165, 1.54) is 48.7 Å². The molecular formula is C18H16ClF2N3O2S. The van der Waals surface area contributed by atoms with Crippen molar-refractivity contribution in [2.24, 2.45) is 0 Å². The molecule has 0 aliphatic rings. The van der Waals surface area contributed by atoms with E-state index in [9.17, 15) is 13.0 Å². The molecule has 0 amide bonds. The smallest absolute Gasteiger partial charge is 0.181 e. The van der Waals surface area contributed by atoms with Gasteiger partial charge in [0.05, 0.1) is 14.8 Å². The van der Waals surface area contributed by atoms with Gasteiger partial charge in [0.25, 0.3) is 0 Å². The first-order chi connectivity index (χ1) is 12.6. The maximum absolute atomic E-state index is 13.6. The van der Waals surface area contributed by atoms with Gasteiger partial charge in [-0.25, -0.2) is 22.8 Å². The fourth-order valence-corrected chi connectivity index (χ4v) is 3.67. The number of ether oxygens (including phenoxy) is 1. The normalized spacial score (nSPS) is 14.6. The van der Waals surface area contributed by atoms with Crippen molar-refractivity contribution in [2.45, 2.75) is 18.1 Å². The summed E-state index contributed by atoms with van der Waals surface area (Å²) in [6.07, 6.45) is 0.410. The molecule has 0 fully saturated rings. The summed E-state index contributed by atoms with van der Waals surface area (Å²) >= 11 is 5.89. The van der Waals surface area contributed by atoms with Gasteiger partial charge in [0.1, 0.15) is 17.4 Å². The average molecular weight is 412 g/mol. The monoisotopic (exact) mass is 411 g/mol. The van der Waals surface area contributed by atoms with Crippen molar-refractivity contribution in [3.8, 4) is 5.75 Å². The van der Waals surface area contributed by atoms with Crippen molar-refractivity contribution >= 4 is 21.3 Å². The van der Waals surface area contributed by atoms with Crippen LogP contribution < -0.4 is 4.74 Å². The Labute approximate surface area is 160 Å². The van der Waals surface area contributed by atoms with E-state index in [0.29, 0.717) is 17.0 Å². The molecule has 0 aliphatic heterocycles. The molecule has 2 N–H and O–H groups in total. The highest BCUT2D eigenvalue weighted by Gasteiger charge is 2.24.